The van der Waals surface area contributed by atoms with Gasteiger partial charge in [-0.15, -0.1) is 21.5 Å². The van der Waals surface area contributed by atoms with E-state index in [2.05, 4.69) is 58.3 Å². The molecular formula is C23H24N4O2S2. The zero-order valence-corrected chi connectivity index (χ0v) is 19.2. The molecule has 4 aromatic rings. The first-order valence-electron chi connectivity index (χ1n) is 10.4. The van der Waals surface area contributed by atoms with Gasteiger partial charge in [-0.1, -0.05) is 35.5 Å². The zero-order chi connectivity index (χ0) is 21.2. The van der Waals surface area contributed by atoms with Crippen LogP contribution >= 0.6 is 23.1 Å². The number of aryl methyl sites for hydroxylation is 2. The Morgan fingerprint density at radius 3 is 2.94 bits per heavy atom. The SMILES string of the molecule is Cc1ccc(-c2nc(CSc3nnc(-c4cccs4)n3CC3CCCO3)co2)c(C)c1. The maximum Gasteiger partial charge on any atom is 0.226 e. The fourth-order valence-corrected chi connectivity index (χ4v) is 5.37. The van der Waals surface area contributed by atoms with Gasteiger partial charge in [0.1, 0.15) is 6.26 Å². The van der Waals surface area contributed by atoms with Crippen molar-refractivity contribution >= 4 is 23.1 Å². The fourth-order valence-electron chi connectivity index (χ4n) is 3.83. The molecule has 31 heavy (non-hydrogen) atoms. The van der Waals surface area contributed by atoms with E-state index in [0.717, 1.165) is 58.7 Å². The lowest BCUT2D eigenvalue weighted by molar-refractivity contribution is 0.0953. The van der Waals surface area contributed by atoms with Crippen LogP contribution in [-0.2, 0) is 17.0 Å². The van der Waals surface area contributed by atoms with E-state index in [-0.39, 0.29) is 6.10 Å². The molecule has 1 unspecified atom stereocenters. The smallest absolute Gasteiger partial charge is 0.226 e. The van der Waals surface area contributed by atoms with Gasteiger partial charge in [-0.25, -0.2) is 4.98 Å². The van der Waals surface area contributed by atoms with E-state index < -0.39 is 0 Å². The Morgan fingerprint density at radius 1 is 1.23 bits per heavy atom. The number of hydrogen-bond acceptors (Lipinski definition) is 7. The quantitative estimate of drug-likeness (QED) is 0.333. The average molecular weight is 453 g/mol. The highest BCUT2D eigenvalue weighted by atomic mass is 32.2. The first-order chi connectivity index (χ1) is 15.2. The van der Waals surface area contributed by atoms with E-state index in [1.807, 2.05) is 6.07 Å². The van der Waals surface area contributed by atoms with Crippen molar-refractivity contribution in [3.8, 4) is 22.2 Å². The Balaban J connectivity index is 1.35. The summed E-state index contributed by atoms with van der Waals surface area (Å²) < 4.78 is 13.8. The van der Waals surface area contributed by atoms with Crippen LogP contribution < -0.4 is 0 Å². The molecule has 6 nitrogen and oxygen atoms in total. The minimum atomic E-state index is 0.220. The molecule has 0 amide bonds. The third kappa shape index (κ3) is 4.46. The van der Waals surface area contributed by atoms with Crippen LogP contribution in [0.5, 0.6) is 0 Å². The van der Waals surface area contributed by atoms with Crippen molar-refractivity contribution in [2.75, 3.05) is 6.61 Å². The van der Waals surface area contributed by atoms with Gasteiger partial charge >= 0.3 is 0 Å². The Kier molecular flexibility index (Phi) is 5.93. The first kappa shape index (κ1) is 20.5. The number of benzene rings is 1. The maximum atomic E-state index is 5.88. The van der Waals surface area contributed by atoms with Gasteiger partial charge in [-0.05, 0) is 49.8 Å². The molecule has 0 saturated carbocycles. The molecule has 1 aliphatic rings. The summed E-state index contributed by atoms with van der Waals surface area (Å²) in [5.41, 5.74) is 4.32. The van der Waals surface area contributed by atoms with Crippen LogP contribution in [0.4, 0.5) is 0 Å². The number of hydrogen-bond donors (Lipinski definition) is 0. The van der Waals surface area contributed by atoms with E-state index in [4.69, 9.17) is 14.1 Å². The molecule has 1 aliphatic heterocycles. The molecule has 0 radical (unpaired) electrons. The van der Waals surface area contributed by atoms with E-state index >= 15 is 0 Å². The molecular weight excluding hydrogens is 428 g/mol. The Hall–Kier alpha value is -2.42. The van der Waals surface area contributed by atoms with Crippen LogP contribution in [0.1, 0.15) is 29.7 Å². The van der Waals surface area contributed by atoms with E-state index in [0.29, 0.717) is 11.6 Å². The predicted octanol–water partition coefficient (Wildman–Crippen LogP) is 5.75. The number of nitrogens with zero attached hydrogens (tertiary/aromatic N) is 4. The first-order valence-corrected chi connectivity index (χ1v) is 12.3. The molecule has 3 aromatic heterocycles. The van der Waals surface area contributed by atoms with Gasteiger partial charge in [0.2, 0.25) is 5.89 Å². The lowest BCUT2D eigenvalue weighted by Gasteiger charge is -2.14. The minimum Gasteiger partial charge on any atom is -0.444 e. The lowest BCUT2D eigenvalue weighted by Crippen LogP contribution is -2.16. The van der Waals surface area contributed by atoms with Gasteiger partial charge in [0, 0.05) is 17.9 Å². The summed E-state index contributed by atoms with van der Waals surface area (Å²) >= 11 is 3.31. The Labute approximate surface area is 189 Å². The molecule has 5 rings (SSSR count). The van der Waals surface area contributed by atoms with Crippen LogP contribution in [-0.4, -0.2) is 32.5 Å². The molecule has 0 aliphatic carbocycles. The Bertz CT molecular complexity index is 1160. The summed E-state index contributed by atoms with van der Waals surface area (Å²) in [6, 6.07) is 10.4. The maximum absolute atomic E-state index is 5.88. The minimum absolute atomic E-state index is 0.220. The number of thiophene rings is 1. The highest BCUT2D eigenvalue weighted by Gasteiger charge is 2.22. The van der Waals surface area contributed by atoms with Crippen molar-refractivity contribution in [1.82, 2.24) is 19.7 Å². The summed E-state index contributed by atoms with van der Waals surface area (Å²) in [6.45, 7) is 5.78. The summed E-state index contributed by atoms with van der Waals surface area (Å²) in [5.74, 6) is 2.24. The molecule has 0 bridgehead atoms. The number of rotatable bonds is 7. The second-order valence-electron chi connectivity index (χ2n) is 7.78. The highest BCUT2D eigenvalue weighted by molar-refractivity contribution is 7.98. The lowest BCUT2D eigenvalue weighted by atomic mass is 10.1. The normalized spacial score (nSPS) is 16.3. The molecule has 160 valence electrons. The van der Waals surface area contributed by atoms with Crippen LogP contribution in [0.25, 0.3) is 22.2 Å². The summed E-state index contributed by atoms with van der Waals surface area (Å²) in [4.78, 5) is 5.83. The Morgan fingerprint density at radius 2 is 2.16 bits per heavy atom. The van der Waals surface area contributed by atoms with Gasteiger partial charge in [0.15, 0.2) is 11.0 Å². The van der Waals surface area contributed by atoms with Gasteiger partial charge in [0.05, 0.1) is 23.2 Å². The van der Waals surface area contributed by atoms with Crippen LogP contribution in [0.3, 0.4) is 0 Å². The number of thioether (sulfide) groups is 1. The molecule has 4 heterocycles. The third-order valence-electron chi connectivity index (χ3n) is 5.38. The second kappa shape index (κ2) is 8.98. The van der Waals surface area contributed by atoms with Gasteiger partial charge in [-0.2, -0.15) is 0 Å². The van der Waals surface area contributed by atoms with Crippen molar-refractivity contribution in [3.05, 3.63) is 58.8 Å². The predicted molar refractivity (Wildman–Crippen MR) is 123 cm³/mol. The fraction of sp³-hybridized carbons (Fsp3) is 0.348. The topological polar surface area (TPSA) is 66.0 Å². The number of aromatic nitrogens is 4. The molecule has 0 spiro atoms. The van der Waals surface area contributed by atoms with Crippen molar-refractivity contribution in [2.45, 2.75) is 50.2 Å². The van der Waals surface area contributed by atoms with Crippen LogP contribution in [0.15, 0.2) is 51.5 Å². The monoisotopic (exact) mass is 452 g/mol. The van der Waals surface area contributed by atoms with Crippen molar-refractivity contribution in [3.63, 3.8) is 0 Å². The highest BCUT2D eigenvalue weighted by Crippen LogP contribution is 2.31. The van der Waals surface area contributed by atoms with Gasteiger partial charge in [0.25, 0.3) is 0 Å². The molecule has 1 fully saturated rings. The number of oxazole rings is 1. The molecule has 1 aromatic carbocycles. The molecule has 1 saturated heterocycles. The molecule has 8 heteroatoms. The van der Waals surface area contributed by atoms with Crippen molar-refractivity contribution in [2.24, 2.45) is 0 Å². The van der Waals surface area contributed by atoms with Crippen molar-refractivity contribution in [1.29, 1.82) is 0 Å². The number of ether oxygens (including phenoxy) is 1. The van der Waals surface area contributed by atoms with E-state index in [1.54, 1.807) is 29.4 Å². The van der Waals surface area contributed by atoms with E-state index in [1.165, 1.54) is 5.56 Å². The molecule has 1 atom stereocenters. The summed E-state index contributed by atoms with van der Waals surface area (Å²) in [5, 5.41) is 11.9. The largest absolute Gasteiger partial charge is 0.444 e. The van der Waals surface area contributed by atoms with E-state index in [9.17, 15) is 0 Å². The van der Waals surface area contributed by atoms with Crippen LogP contribution in [0.2, 0.25) is 0 Å². The van der Waals surface area contributed by atoms with Gasteiger partial charge in [-0.3, -0.25) is 4.57 Å². The van der Waals surface area contributed by atoms with Gasteiger partial charge < -0.3 is 9.15 Å². The third-order valence-corrected chi connectivity index (χ3v) is 7.25. The zero-order valence-electron chi connectivity index (χ0n) is 17.6. The standard InChI is InChI=1S/C23H24N4O2S2/c1-15-7-8-19(16(2)11-15)22-24-17(13-29-22)14-31-23-26-25-21(20-6-4-10-30-20)27(23)12-18-5-3-9-28-18/h4,6-8,10-11,13,18H,3,5,9,12,14H2,1-2H3. The molecule has 0 N–H and O–H groups in total. The van der Waals surface area contributed by atoms with Crippen LogP contribution in [0, 0.1) is 13.8 Å². The summed E-state index contributed by atoms with van der Waals surface area (Å²) in [7, 11) is 0. The summed E-state index contributed by atoms with van der Waals surface area (Å²) in [6.07, 6.45) is 4.15. The second-order valence-corrected chi connectivity index (χ2v) is 9.67. The van der Waals surface area contributed by atoms with Crippen molar-refractivity contribution < 1.29 is 9.15 Å². The average Bonchev–Trinajstić information content (AvgIpc) is 3.55.